The van der Waals surface area contributed by atoms with Crippen molar-refractivity contribution in [1.82, 2.24) is 4.98 Å². The lowest BCUT2D eigenvalue weighted by atomic mass is 10.1. The van der Waals surface area contributed by atoms with E-state index in [1.165, 1.54) is 17.5 Å². The van der Waals surface area contributed by atoms with Gasteiger partial charge in [-0.2, -0.15) is 0 Å². The Labute approximate surface area is 116 Å². The van der Waals surface area contributed by atoms with Crippen LogP contribution in [0.2, 0.25) is 0 Å². The number of nitrogens with zero attached hydrogens (tertiary/aromatic N) is 1. The van der Waals surface area contributed by atoms with Gasteiger partial charge in [0.25, 0.3) is 0 Å². The number of hydrogen-bond donors (Lipinski definition) is 0. The number of aryl methyl sites for hydroxylation is 1. The average Bonchev–Trinajstić information content (AvgIpc) is 2.88. The van der Waals surface area contributed by atoms with Gasteiger partial charge in [-0.3, -0.25) is 0 Å². The molecule has 0 fully saturated rings. The van der Waals surface area contributed by atoms with Gasteiger partial charge in [0, 0.05) is 0 Å². The highest BCUT2D eigenvalue weighted by Gasteiger charge is 2.15. The van der Waals surface area contributed by atoms with E-state index in [2.05, 4.69) is 4.98 Å². The zero-order chi connectivity index (χ0) is 13.8. The van der Waals surface area contributed by atoms with Gasteiger partial charge >= 0.3 is 5.97 Å². The van der Waals surface area contributed by atoms with Crippen molar-refractivity contribution in [3.05, 3.63) is 34.8 Å². The molecule has 5 heteroatoms. The SMILES string of the molecule is CCOC(=O)c1cnc(-c2ccc(C)cc2OC)s1. The number of carbonyl (C=O) groups excluding carboxylic acids is 1. The van der Waals surface area contributed by atoms with E-state index in [0.717, 1.165) is 21.9 Å². The van der Waals surface area contributed by atoms with Crippen LogP contribution in [-0.4, -0.2) is 24.7 Å². The highest BCUT2D eigenvalue weighted by Crippen LogP contribution is 2.33. The van der Waals surface area contributed by atoms with Crippen LogP contribution in [-0.2, 0) is 4.74 Å². The predicted octanol–water partition coefficient (Wildman–Crippen LogP) is 3.30. The molecule has 0 aliphatic carbocycles. The molecule has 0 aliphatic rings. The van der Waals surface area contributed by atoms with E-state index >= 15 is 0 Å². The molecule has 4 nitrogen and oxygen atoms in total. The molecule has 1 aromatic heterocycles. The maximum absolute atomic E-state index is 11.6. The number of aromatic nitrogens is 1. The van der Waals surface area contributed by atoms with E-state index < -0.39 is 0 Å². The lowest BCUT2D eigenvalue weighted by Gasteiger charge is -2.06. The van der Waals surface area contributed by atoms with Gasteiger partial charge < -0.3 is 9.47 Å². The van der Waals surface area contributed by atoms with Crippen LogP contribution in [0.3, 0.4) is 0 Å². The molecule has 0 unspecified atom stereocenters. The molecule has 0 saturated carbocycles. The summed E-state index contributed by atoms with van der Waals surface area (Å²) >= 11 is 1.30. The number of thiazole rings is 1. The van der Waals surface area contributed by atoms with E-state index in [0.29, 0.717) is 11.5 Å². The van der Waals surface area contributed by atoms with Gasteiger partial charge in [0.2, 0.25) is 0 Å². The van der Waals surface area contributed by atoms with Crippen molar-refractivity contribution in [3.8, 4) is 16.3 Å². The summed E-state index contributed by atoms with van der Waals surface area (Å²) < 4.78 is 10.3. The molecular weight excluding hydrogens is 262 g/mol. The predicted molar refractivity (Wildman–Crippen MR) is 74.8 cm³/mol. The smallest absolute Gasteiger partial charge is 0.349 e. The molecule has 0 spiro atoms. The zero-order valence-corrected chi connectivity index (χ0v) is 11.9. The highest BCUT2D eigenvalue weighted by molar-refractivity contribution is 7.16. The quantitative estimate of drug-likeness (QED) is 0.804. The van der Waals surface area contributed by atoms with E-state index in [1.807, 2.05) is 25.1 Å². The number of hydrogen-bond acceptors (Lipinski definition) is 5. The first kappa shape index (κ1) is 13.5. The standard InChI is InChI=1S/C14H15NO3S/c1-4-18-14(16)12-8-15-13(19-12)10-6-5-9(2)7-11(10)17-3/h5-8H,4H2,1-3H3. The summed E-state index contributed by atoms with van der Waals surface area (Å²) in [6, 6.07) is 5.88. The van der Waals surface area contributed by atoms with E-state index in [4.69, 9.17) is 9.47 Å². The van der Waals surface area contributed by atoms with Crippen LogP contribution in [0.15, 0.2) is 24.4 Å². The molecule has 0 radical (unpaired) electrons. The Morgan fingerprint density at radius 3 is 2.89 bits per heavy atom. The number of esters is 1. The summed E-state index contributed by atoms with van der Waals surface area (Å²) in [5.74, 6) is 0.419. The van der Waals surface area contributed by atoms with Crippen molar-refractivity contribution in [2.45, 2.75) is 13.8 Å². The lowest BCUT2D eigenvalue weighted by molar-refractivity contribution is 0.0532. The van der Waals surface area contributed by atoms with Crippen molar-refractivity contribution in [2.75, 3.05) is 13.7 Å². The molecular formula is C14H15NO3S. The second-order valence-corrected chi connectivity index (χ2v) is 4.98. The number of benzene rings is 1. The second-order valence-electron chi connectivity index (χ2n) is 3.95. The van der Waals surface area contributed by atoms with Crippen molar-refractivity contribution in [2.24, 2.45) is 0 Å². The molecule has 0 saturated heterocycles. The largest absolute Gasteiger partial charge is 0.496 e. The second kappa shape index (κ2) is 5.84. The maximum atomic E-state index is 11.6. The fraction of sp³-hybridized carbons (Fsp3) is 0.286. The molecule has 1 heterocycles. The third-order valence-electron chi connectivity index (χ3n) is 2.57. The number of rotatable bonds is 4. The average molecular weight is 277 g/mol. The van der Waals surface area contributed by atoms with E-state index in [-0.39, 0.29) is 5.97 Å². The first-order valence-electron chi connectivity index (χ1n) is 5.93. The Morgan fingerprint density at radius 2 is 2.21 bits per heavy atom. The minimum atomic E-state index is -0.336. The summed E-state index contributed by atoms with van der Waals surface area (Å²) in [4.78, 5) is 16.4. The normalized spacial score (nSPS) is 10.3. The highest BCUT2D eigenvalue weighted by atomic mass is 32.1. The Hall–Kier alpha value is -1.88. The minimum absolute atomic E-state index is 0.336. The molecule has 0 aliphatic heterocycles. The monoisotopic (exact) mass is 277 g/mol. The molecule has 0 atom stereocenters. The van der Waals surface area contributed by atoms with Crippen LogP contribution in [0.25, 0.3) is 10.6 Å². The van der Waals surface area contributed by atoms with Crippen LogP contribution < -0.4 is 4.74 Å². The van der Waals surface area contributed by atoms with Crippen LogP contribution in [0.5, 0.6) is 5.75 Å². The number of carbonyl (C=O) groups is 1. The Bertz CT molecular complexity index is 592. The van der Waals surface area contributed by atoms with Crippen molar-refractivity contribution >= 4 is 17.3 Å². The summed E-state index contributed by atoms with van der Waals surface area (Å²) in [5.41, 5.74) is 2.00. The van der Waals surface area contributed by atoms with Gasteiger partial charge in [0.1, 0.15) is 15.6 Å². The van der Waals surface area contributed by atoms with Crippen LogP contribution in [0.4, 0.5) is 0 Å². The lowest BCUT2D eigenvalue weighted by Crippen LogP contribution is -2.01. The maximum Gasteiger partial charge on any atom is 0.349 e. The first-order valence-corrected chi connectivity index (χ1v) is 6.75. The Kier molecular flexibility index (Phi) is 4.16. The van der Waals surface area contributed by atoms with Crippen LogP contribution >= 0.6 is 11.3 Å². The third kappa shape index (κ3) is 2.93. The van der Waals surface area contributed by atoms with Crippen molar-refractivity contribution in [1.29, 1.82) is 0 Å². The number of ether oxygens (including phenoxy) is 2. The zero-order valence-electron chi connectivity index (χ0n) is 11.1. The molecule has 100 valence electrons. The third-order valence-corrected chi connectivity index (χ3v) is 3.58. The molecule has 2 rings (SSSR count). The summed E-state index contributed by atoms with van der Waals surface area (Å²) in [5, 5.41) is 0.750. The molecule has 0 N–H and O–H groups in total. The van der Waals surface area contributed by atoms with Gasteiger partial charge in [-0.05, 0) is 31.5 Å². The van der Waals surface area contributed by atoms with Crippen molar-refractivity contribution < 1.29 is 14.3 Å². The van der Waals surface area contributed by atoms with E-state index in [1.54, 1.807) is 14.0 Å². The van der Waals surface area contributed by atoms with Gasteiger partial charge in [0.05, 0.1) is 25.5 Å². The topological polar surface area (TPSA) is 48.4 Å². The van der Waals surface area contributed by atoms with Gasteiger partial charge in [0.15, 0.2) is 0 Å². The molecule has 2 aromatic rings. The minimum Gasteiger partial charge on any atom is -0.496 e. The Morgan fingerprint density at radius 1 is 1.42 bits per heavy atom. The van der Waals surface area contributed by atoms with Gasteiger partial charge in [-0.25, -0.2) is 9.78 Å². The van der Waals surface area contributed by atoms with Gasteiger partial charge in [-0.15, -0.1) is 11.3 Å². The summed E-state index contributed by atoms with van der Waals surface area (Å²) in [6.45, 7) is 4.14. The van der Waals surface area contributed by atoms with Crippen LogP contribution in [0.1, 0.15) is 22.2 Å². The fourth-order valence-electron chi connectivity index (χ4n) is 1.67. The van der Waals surface area contributed by atoms with Crippen molar-refractivity contribution in [3.63, 3.8) is 0 Å². The summed E-state index contributed by atoms with van der Waals surface area (Å²) in [7, 11) is 1.62. The molecule has 0 amide bonds. The molecule has 0 bridgehead atoms. The van der Waals surface area contributed by atoms with E-state index in [9.17, 15) is 4.79 Å². The summed E-state index contributed by atoms with van der Waals surface area (Å²) in [6.07, 6.45) is 1.54. The fourth-order valence-corrected chi connectivity index (χ4v) is 2.51. The first-order chi connectivity index (χ1) is 9.15. The number of methoxy groups -OCH3 is 1. The Balaban J connectivity index is 2.35. The van der Waals surface area contributed by atoms with Gasteiger partial charge in [-0.1, -0.05) is 6.07 Å². The molecule has 19 heavy (non-hydrogen) atoms. The molecule has 1 aromatic carbocycles. The van der Waals surface area contributed by atoms with Crippen LogP contribution in [0, 0.1) is 6.92 Å².